The van der Waals surface area contributed by atoms with Crippen molar-refractivity contribution in [3.05, 3.63) is 23.8 Å². The van der Waals surface area contributed by atoms with E-state index in [4.69, 9.17) is 4.74 Å². The Kier molecular flexibility index (Phi) is 5.79. The highest BCUT2D eigenvalue weighted by Gasteiger charge is 2.21. The van der Waals surface area contributed by atoms with Gasteiger partial charge in [0.05, 0.1) is 12.8 Å². The second-order valence-corrected chi connectivity index (χ2v) is 6.85. The summed E-state index contributed by atoms with van der Waals surface area (Å²) < 4.78 is 5.33. The number of ether oxygens (including phenoxy) is 1. The highest BCUT2D eigenvalue weighted by atomic mass is 16.5. The van der Waals surface area contributed by atoms with Gasteiger partial charge in [0.1, 0.15) is 5.75 Å². The Balaban J connectivity index is 1.68. The first-order valence-corrected chi connectivity index (χ1v) is 9.22. The third kappa shape index (κ3) is 4.44. The monoisotopic (exact) mass is 345 g/mol. The van der Waals surface area contributed by atoms with Gasteiger partial charge in [-0.2, -0.15) is 0 Å². The maximum atomic E-state index is 12.6. The van der Waals surface area contributed by atoms with E-state index in [2.05, 4.69) is 10.6 Å². The van der Waals surface area contributed by atoms with Gasteiger partial charge < -0.3 is 20.3 Å². The summed E-state index contributed by atoms with van der Waals surface area (Å²) in [5.41, 5.74) is 1.11. The van der Waals surface area contributed by atoms with Crippen LogP contribution in [0.3, 0.4) is 0 Å². The van der Waals surface area contributed by atoms with Crippen molar-refractivity contribution in [2.24, 2.45) is 0 Å². The molecule has 3 amide bonds. The molecule has 25 heavy (non-hydrogen) atoms. The molecule has 6 heteroatoms. The minimum absolute atomic E-state index is 0.0101. The van der Waals surface area contributed by atoms with Gasteiger partial charge in [-0.3, -0.25) is 4.79 Å². The van der Waals surface area contributed by atoms with Crippen molar-refractivity contribution in [3.8, 4) is 5.75 Å². The number of carbonyl (C=O) groups is 2. The third-order valence-electron chi connectivity index (χ3n) is 5.03. The van der Waals surface area contributed by atoms with E-state index in [1.165, 1.54) is 6.42 Å². The minimum Gasteiger partial charge on any atom is -0.495 e. The molecule has 0 aromatic heterocycles. The number of rotatable bonds is 4. The second-order valence-electron chi connectivity index (χ2n) is 6.85. The van der Waals surface area contributed by atoms with Crippen LogP contribution in [-0.2, 0) is 0 Å². The average Bonchev–Trinajstić information content (AvgIpc) is 3.16. The summed E-state index contributed by atoms with van der Waals surface area (Å²) in [7, 11) is 1.56. The molecule has 1 aromatic rings. The smallest absolute Gasteiger partial charge is 0.319 e. The van der Waals surface area contributed by atoms with Gasteiger partial charge >= 0.3 is 6.03 Å². The molecule has 1 saturated carbocycles. The Morgan fingerprint density at radius 3 is 2.48 bits per heavy atom. The Morgan fingerprint density at radius 2 is 1.80 bits per heavy atom. The molecule has 136 valence electrons. The first kappa shape index (κ1) is 17.6. The normalized spacial score (nSPS) is 18.0. The van der Waals surface area contributed by atoms with Crippen molar-refractivity contribution in [2.45, 2.75) is 51.0 Å². The van der Waals surface area contributed by atoms with Gasteiger partial charge in [0, 0.05) is 24.7 Å². The summed E-state index contributed by atoms with van der Waals surface area (Å²) in [6, 6.07) is 5.19. The Morgan fingerprint density at radius 1 is 1.08 bits per heavy atom. The molecule has 0 radical (unpaired) electrons. The van der Waals surface area contributed by atoms with Crippen LogP contribution >= 0.6 is 0 Å². The molecule has 0 atom stereocenters. The fraction of sp³-hybridized carbons (Fsp3) is 0.579. The minimum atomic E-state index is -0.240. The predicted molar refractivity (Wildman–Crippen MR) is 97.2 cm³/mol. The molecule has 1 saturated heterocycles. The molecule has 2 N–H and O–H groups in total. The van der Waals surface area contributed by atoms with Crippen LogP contribution in [0, 0.1) is 0 Å². The molecule has 1 aliphatic heterocycles. The Bertz CT molecular complexity index is 620. The fourth-order valence-electron chi connectivity index (χ4n) is 3.63. The molecular formula is C19H27N3O3. The van der Waals surface area contributed by atoms with Gasteiger partial charge in [-0.1, -0.05) is 19.3 Å². The molecule has 2 aliphatic rings. The SMILES string of the molecule is COc1ccc(C(=O)N2CCCC2)cc1NC(=O)NC1CCCCC1. The summed E-state index contributed by atoms with van der Waals surface area (Å²) in [4.78, 5) is 26.7. The van der Waals surface area contributed by atoms with E-state index in [0.29, 0.717) is 17.0 Å². The number of hydrogen-bond donors (Lipinski definition) is 2. The van der Waals surface area contributed by atoms with Crippen molar-refractivity contribution in [3.63, 3.8) is 0 Å². The van der Waals surface area contributed by atoms with Crippen molar-refractivity contribution in [1.82, 2.24) is 10.2 Å². The van der Waals surface area contributed by atoms with E-state index in [9.17, 15) is 9.59 Å². The zero-order valence-corrected chi connectivity index (χ0v) is 14.8. The number of nitrogens with zero attached hydrogens (tertiary/aromatic N) is 1. The van der Waals surface area contributed by atoms with E-state index in [-0.39, 0.29) is 18.0 Å². The first-order valence-electron chi connectivity index (χ1n) is 9.22. The Hall–Kier alpha value is -2.24. The molecule has 6 nitrogen and oxygen atoms in total. The number of benzene rings is 1. The van der Waals surface area contributed by atoms with Crippen molar-refractivity contribution in [2.75, 3.05) is 25.5 Å². The Labute approximate surface area is 148 Å². The maximum Gasteiger partial charge on any atom is 0.319 e. The fourth-order valence-corrected chi connectivity index (χ4v) is 3.63. The standard InChI is InChI=1S/C19H27N3O3/c1-25-17-10-9-14(18(23)22-11-5-6-12-22)13-16(17)21-19(24)20-15-7-3-2-4-8-15/h9-10,13,15H,2-8,11-12H2,1H3,(H2,20,21,24). The van der Waals surface area contributed by atoms with Crippen LogP contribution < -0.4 is 15.4 Å². The number of carbonyl (C=O) groups excluding carboxylic acids is 2. The molecule has 1 aliphatic carbocycles. The number of likely N-dealkylation sites (tertiary alicyclic amines) is 1. The molecule has 1 aromatic carbocycles. The molecule has 1 heterocycles. The van der Waals surface area contributed by atoms with Crippen LogP contribution in [-0.4, -0.2) is 43.1 Å². The van der Waals surface area contributed by atoms with E-state index >= 15 is 0 Å². The van der Waals surface area contributed by atoms with Crippen molar-refractivity contribution in [1.29, 1.82) is 0 Å². The summed E-state index contributed by atoms with van der Waals surface area (Å²) in [5, 5.41) is 5.87. The van der Waals surface area contributed by atoms with Gasteiger partial charge in [0.25, 0.3) is 5.91 Å². The van der Waals surface area contributed by atoms with Crippen molar-refractivity contribution < 1.29 is 14.3 Å². The van der Waals surface area contributed by atoms with Crippen molar-refractivity contribution >= 4 is 17.6 Å². The number of nitrogens with one attached hydrogen (secondary N) is 2. The molecule has 0 bridgehead atoms. The molecule has 0 unspecified atom stereocenters. The van der Waals surface area contributed by atoms with Gasteiger partial charge in [-0.15, -0.1) is 0 Å². The average molecular weight is 345 g/mol. The number of anilines is 1. The highest BCUT2D eigenvalue weighted by Crippen LogP contribution is 2.27. The lowest BCUT2D eigenvalue weighted by atomic mass is 9.96. The van der Waals surface area contributed by atoms with Crippen LogP contribution in [0.15, 0.2) is 18.2 Å². The lowest BCUT2D eigenvalue weighted by Crippen LogP contribution is -2.39. The van der Waals surface area contributed by atoms with Crippen LogP contribution in [0.2, 0.25) is 0 Å². The number of methoxy groups -OCH3 is 1. The largest absolute Gasteiger partial charge is 0.495 e. The first-order chi connectivity index (χ1) is 12.2. The van der Waals surface area contributed by atoms with E-state index in [1.54, 1.807) is 25.3 Å². The molecule has 2 fully saturated rings. The van der Waals surface area contributed by atoms with Gasteiger partial charge in [-0.05, 0) is 43.9 Å². The lowest BCUT2D eigenvalue weighted by molar-refractivity contribution is 0.0793. The predicted octanol–water partition coefficient (Wildman–Crippen LogP) is 3.39. The topological polar surface area (TPSA) is 70.7 Å². The van der Waals surface area contributed by atoms with E-state index < -0.39 is 0 Å². The summed E-state index contributed by atoms with van der Waals surface area (Å²) in [6.07, 6.45) is 7.72. The number of urea groups is 1. The maximum absolute atomic E-state index is 12.6. The zero-order chi connectivity index (χ0) is 17.6. The second kappa shape index (κ2) is 8.23. The zero-order valence-electron chi connectivity index (χ0n) is 14.8. The van der Waals surface area contributed by atoms with Crippen LogP contribution in [0.1, 0.15) is 55.3 Å². The molecule has 0 spiro atoms. The number of amides is 3. The third-order valence-corrected chi connectivity index (χ3v) is 5.03. The highest BCUT2D eigenvalue weighted by molar-refractivity contribution is 5.98. The molecule has 3 rings (SSSR count). The van der Waals surface area contributed by atoms with Crippen LogP contribution in [0.5, 0.6) is 5.75 Å². The van der Waals surface area contributed by atoms with E-state index in [1.807, 2.05) is 4.90 Å². The van der Waals surface area contributed by atoms with Gasteiger partial charge in [-0.25, -0.2) is 4.79 Å². The van der Waals surface area contributed by atoms with Gasteiger partial charge in [0.2, 0.25) is 0 Å². The van der Waals surface area contributed by atoms with Crippen LogP contribution in [0.4, 0.5) is 10.5 Å². The van der Waals surface area contributed by atoms with Crippen LogP contribution in [0.25, 0.3) is 0 Å². The summed E-state index contributed by atoms with van der Waals surface area (Å²) >= 11 is 0. The quantitative estimate of drug-likeness (QED) is 0.879. The summed E-state index contributed by atoms with van der Waals surface area (Å²) in [5.74, 6) is 0.563. The van der Waals surface area contributed by atoms with E-state index in [0.717, 1.165) is 51.6 Å². The summed E-state index contributed by atoms with van der Waals surface area (Å²) in [6.45, 7) is 1.60. The molecular weight excluding hydrogens is 318 g/mol. The number of hydrogen-bond acceptors (Lipinski definition) is 3. The van der Waals surface area contributed by atoms with Gasteiger partial charge in [0.15, 0.2) is 0 Å². The lowest BCUT2D eigenvalue weighted by Gasteiger charge is -2.23.